The van der Waals surface area contributed by atoms with Gasteiger partial charge in [0.15, 0.2) is 0 Å². The van der Waals surface area contributed by atoms with Gasteiger partial charge < -0.3 is 19.9 Å². The van der Waals surface area contributed by atoms with E-state index in [0.29, 0.717) is 25.7 Å². The highest BCUT2D eigenvalue weighted by Crippen LogP contribution is 2.26. The molecule has 0 aromatic carbocycles. The minimum atomic E-state index is -0.0996. The molecule has 2 atom stereocenters. The Morgan fingerprint density at radius 3 is 3.00 bits per heavy atom. The van der Waals surface area contributed by atoms with E-state index >= 15 is 0 Å². The van der Waals surface area contributed by atoms with Crippen LogP contribution in [0.25, 0.3) is 0 Å². The van der Waals surface area contributed by atoms with Crippen molar-refractivity contribution >= 4 is 23.3 Å². The Hall–Kier alpha value is -1.67. The number of amides is 3. The van der Waals surface area contributed by atoms with Crippen LogP contribution < -0.4 is 5.32 Å². The number of hydrogen-bond acceptors (Lipinski definition) is 5. The molecule has 4 rings (SSSR count). The molecule has 1 N–H and O–H groups in total. The van der Waals surface area contributed by atoms with Crippen molar-refractivity contribution in [1.29, 1.82) is 0 Å². The fraction of sp³-hybridized carbons (Fsp3) is 0.667. The van der Waals surface area contributed by atoms with Gasteiger partial charge in [0, 0.05) is 18.0 Å². The summed E-state index contributed by atoms with van der Waals surface area (Å²) in [6.45, 7) is 3.60. The number of morpholine rings is 1. The van der Waals surface area contributed by atoms with Gasteiger partial charge in [0.25, 0.3) is 0 Å². The van der Waals surface area contributed by atoms with Gasteiger partial charge in [-0.15, -0.1) is 11.3 Å². The van der Waals surface area contributed by atoms with E-state index in [1.54, 1.807) is 16.2 Å². The molecule has 1 aliphatic carbocycles. The monoisotopic (exact) mass is 336 g/mol. The third kappa shape index (κ3) is 3.05. The standard InChI is InChI=1S/C15H20N4O3S/c1-9-16-11(8-23-9)4-19-12-5-18(15(21)17-10-2-3-10)6-13(12)22-7-14(19)20/h8,10,12-13H,2-7H2,1H3,(H,17,21)/t12-,13-/m1/s1. The van der Waals surface area contributed by atoms with Crippen molar-refractivity contribution in [3.63, 3.8) is 0 Å². The lowest BCUT2D eigenvalue weighted by molar-refractivity contribution is -0.154. The summed E-state index contributed by atoms with van der Waals surface area (Å²) in [5, 5.41) is 5.98. The number of carbonyl (C=O) groups is 2. The molecule has 23 heavy (non-hydrogen) atoms. The number of aromatic nitrogens is 1. The first-order valence-corrected chi connectivity index (χ1v) is 8.85. The predicted molar refractivity (Wildman–Crippen MR) is 84.1 cm³/mol. The van der Waals surface area contributed by atoms with Gasteiger partial charge in [-0.05, 0) is 19.8 Å². The quantitative estimate of drug-likeness (QED) is 0.883. The normalized spacial score (nSPS) is 27.3. The van der Waals surface area contributed by atoms with Gasteiger partial charge >= 0.3 is 6.03 Å². The summed E-state index contributed by atoms with van der Waals surface area (Å²) in [5.41, 5.74) is 0.905. The molecule has 0 radical (unpaired) electrons. The van der Waals surface area contributed by atoms with E-state index in [0.717, 1.165) is 23.5 Å². The highest BCUT2D eigenvalue weighted by atomic mass is 32.1. The second-order valence-electron chi connectivity index (χ2n) is 6.43. The number of likely N-dealkylation sites (tertiary alicyclic amines) is 1. The largest absolute Gasteiger partial charge is 0.364 e. The van der Waals surface area contributed by atoms with Crippen LogP contribution in [0.4, 0.5) is 4.79 Å². The molecule has 2 aliphatic heterocycles. The van der Waals surface area contributed by atoms with Crippen molar-refractivity contribution in [1.82, 2.24) is 20.1 Å². The van der Waals surface area contributed by atoms with Gasteiger partial charge in [-0.25, -0.2) is 9.78 Å². The van der Waals surface area contributed by atoms with Gasteiger partial charge in [-0.2, -0.15) is 0 Å². The molecule has 2 saturated heterocycles. The third-order valence-corrected chi connectivity index (χ3v) is 5.39. The minimum Gasteiger partial charge on any atom is -0.364 e. The summed E-state index contributed by atoms with van der Waals surface area (Å²) in [5.74, 6) is -0.0265. The minimum absolute atomic E-state index is 0.0265. The van der Waals surface area contributed by atoms with Crippen molar-refractivity contribution in [2.24, 2.45) is 0 Å². The second kappa shape index (κ2) is 5.76. The second-order valence-corrected chi connectivity index (χ2v) is 7.49. The van der Waals surface area contributed by atoms with E-state index in [9.17, 15) is 9.59 Å². The number of rotatable bonds is 3. The molecular formula is C15H20N4O3S. The van der Waals surface area contributed by atoms with Crippen LogP contribution in [0.1, 0.15) is 23.5 Å². The van der Waals surface area contributed by atoms with Crippen molar-refractivity contribution in [2.45, 2.75) is 44.5 Å². The lowest BCUT2D eigenvalue weighted by Crippen LogP contribution is -2.53. The van der Waals surface area contributed by atoms with Crippen LogP contribution in [0.5, 0.6) is 0 Å². The van der Waals surface area contributed by atoms with E-state index < -0.39 is 0 Å². The summed E-state index contributed by atoms with van der Waals surface area (Å²) in [6.07, 6.45) is 2.03. The number of ether oxygens (including phenoxy) is 1. The molecule has 3 heterocycles. The maximum absolute atomic E-state index is 12.3. The number of urea groups is 1. The fourth-order valence-electron chi connectivity index (χ4n) is 3.19. The van der Waals surface area contributed by atoms with Crippen LogP contribution in [0.2, 0.25) is 0 Å². The molecule has 1 aromatic heterocycles. The molecule has 0 unspecified atom stereocenters. The van der Waals surface area contributed by atoms with Crippen LogP contribution in [0.3, 0.4) is 0 Å². The maximum Gasteiger partial charge on any atom is 0.317 e. The number of carbonyl (C=O) groups excluding carboxylic acids is 2. The van der Waals surface area contributed by atoms with Crippen molar-refractivity contribution in [3.05, 3.63) is 16.1 Å². The number of nitrogens with one attached hydrogen (secondary N) is 1. The number of fused-ring (bicyclic) bond motifs is 1. The van der Waals surface area contributed by atoms with Gasteiger partial charge in [-0.1, -0.05) is 0 Å². The summed E-state index contributed by atoms with van der Waals surface area (Å²) in [4.78, 5) is 32.5. The average Bonchev–Trinajstić information content (AvgIpc) is 3.07. The van der Waals surface area contributed by atoms with Crippen LogP contribution in [-0.4, -0.2) is 64.6 Å². The molecule has 0 bridgehead atoms. The highest BCUT2D eigenvalue weighted by Gasteiger charge is 2.45. The Kier molecular flexibility index (Phi) is 3.73. The van der Waals surface area contributed by atoms with Crippen LogP contribution in [0, 0.1) is 6.92 Å². The van der Waals surface area contributed by atoms with Gasteiger partial charge in [-0.3, -0.25) is 4.79 Å². The zero-order valence-electron chi connectivity index (χ0n) is 13.0. The fourth-order valence-corrected chi connectivity index (χ4v) is 3.79. The molecule has 3 amide bonds. The Labute approximate surface area is 138 Å². The summed E-state index contributed by atoms with van der Waals surface area (Å²) in [7, 11) is 0. The van der Waals surface area contributed by atoms with Crippen LogP contribution in [-0.2, 0) is 16.1 Å². The molecule has 8 heteroatoms. The molecule has 3 fully saturated rings. The van der Waals surface area contributed by atoms with E-state index in [2.05, 4.69) is 10.3 Å². The van der Waals surface area contributed by atoms with Gasteiger partial charge in [0.2, 0.25) is 5.91 Å². The van der Waals surface area contributed by atoms with E-state index in [1.165, 1.54) is 0 Å². The zero-order chi connectivity index (χ0) is 16.0. The number of nitrogens with zero attached hydrogens (tertiary/aromatic N) is 3. The molecule has 124 valence electrons. The highest BCUT2D eigenvalue weighted by molar-refractivity contribution is 7.09. The topological polar surface area (TPSA) is 74.8 Å². The molecule has 1 saturated carbocycles. The zero-order valence-corrected chi connectivity index (χ0v) is 13.8. The summed E-state index contributed by atoms with van der Waals surface area (Å²) < 4.78 is 5.66. The number of thiazole rings is 1. The lowest BCUT2D eigenvalue weighted by atomic mass is 10.1. The lowest BCUT2D eigenvalue weighted by Gasteiger charge is -2.36. The van der Waals surface area contributed by atoms with E-state index in [1.807, 2.05) is 17.2 Å². The smallest absolute Gasteiger partial charge is 0.317 e. The molecule has 3 aliphatic rings. The first-order valence-electron chi connectivity index (χ1n) is 7.97. The average molecular weight is 336 g/mol. The van der Waals surface area contributed by atoms with Crippen molar-refractivity contribution in [2.75, 3.05) is 19.7 Å². The summed E-state index contributed by atoms with van der Waals surface area (Å²) >= 11 is 1.58. The van der Waals surface area contributed by atoms with Crippen LogP contribution in [0.15, 0.2) is 5.38 Å². The predicted octanol–water partition coefficient (Wildman–Crippen LogP) is 0.735. The van der Waals surface area contributed by atoms with Gasteiger partial charge in [0.05, 0.1) is 35.9 Å². The maximum atomic E-state index is 12.3. The third-order valence-electron chi connectivity index (χ3n) is 4.57. The Balaban J connectivity index is 1.45. The first-order chi connectivity index (χ1) is 11.1. The molecule has 7 nitrogen and oxygen atoms in total. The number of aryl methyl sites for hydroxylation is 1. The Morgan fingerprint density at radius 2 is 2.30 bits per heavy atom. The van der Waals surface area contributed by atoms with Crippen LogP contribution >= 0.6 is 11.3 Å². The molecule has 0 spiro atoms. The first kappa shape index (κ1) is 14.9. The Morgan fingerprint density at radius 1 is 1.48 bits per heavy atom. The number of hydrogen-bond donors (Lipinski definition) is 1. The molecular weight excluding hydrogens is 316 g/mol. The van der Waals surface area contributed by atoms with E-state index in [-0.39, 0.29) is 30.7 Å². The van der Waals surface area contributed by atoms with Crippen molar-refractivity contribution < 1.29 is 14.3 Å². The Bertz CT molecular complexity index is 630. The van der Waals surface area contributed by atoms with Gasteiger partial charge in [0.1, 0.15) is 6.61 Å². The van der Waals surface area contributed by atoms with Crippen molar-refractivity contribution in [3.8, 4) is 0 Å². The SMILES string of the molecule is Cc1nc(CN2C(=O)CO[C@@H]3CN(C(=O)NC4CC4)C[C@H]32)cs1. The molecule has 1 aromatic rings. The van der Waals surface area contributed by atoms with E-state index in [4.69, 9.17) is 4.74 Å². The summed E-state index contributed by atoms with van der Waals surface area (Å²) in [6, 6.07) is 0.215.